The first kappa shape index (κ1) is 82.8. The first-order valence-electron chi connectivity index (χ1n) is 36.2. The van der Waals surface area contributed by atoms with E-state index in [1.807, 2.05) is 0 Å². The van der Waals surface area contributed by atoms with Gasteiger partial charge in [0.1, 0.15) is 20.2 Å². The standard InChI is InChI=1S/2C37H68O3S.Ba/c2*1-2-3-4-5-6-7-8-9-10-11-12-13-14-15-16-17-18-19-20-21-22-23-24-25-26-27-28-29-30-31-36-32-34-37(35-33-36)41(38,39)40;/h2*32-35H,2-31H2,1H3,(H,38,39,40);/q;;+2/p-2. The molecule has 6 nitrogen and oxygen atoms in total. The second-order valence-electron chi connectivity index (χ2n) is 25.5. The summed E-state index contributed by atoms with van der Waals surface area (Å²) in [5.41, 5.74) is 2.23. The van der Waals surface area contributed by atoms with E-state index >= 15 is 0 Å². The number of hydrogen-bond donors (Lipinski definition) is 0. The molecule has 0 atom stereocenters. The number of unbranched alkanes of at least 4 members (excludes halogenated alkanes) is 56. The minimum atomic E-state index is -4.33. The zero-order valence-electron chi connectivity index (χ0n) is 55.0. The number of aryl methyl sites for hydroxylation is 2. The number of rotatable bonds is 62. The van der Waals surface area contributed by atoms with Crippen molar-refractivity contribution < 1.29 is 25.9 Å². The van der Waals surface area contributed by atoms with E-state index in [0.717, 1.165) is 36.8 Å². The fourth-order valence-corrected chi connectivity index (χ4v) is 12.9. The van der Waals surface area contributed by atoms with Crippen LogP contribution >= 0.6 is 0 Å². The summed E-state index contributed by atoms with van der Waals surface area (Å²) >= 11 is 0. The first-order chi connectivity index (χ1) is 40.1. The molecule has 0 unspecified atom stereocenters. The van der Waals surface area contributed by atoms with E-state index in [1.54, 1.807) is 24.3 Å². The van der Waals surface area contributed by atoms with Crippen LogP contribution in [0.5, 0.6) is 0 Å². The van der Waals surface area contributed by atoms with Gasteiger partial charge in [0, 0.05) is 0 Å². The van der Waals surface area contributed by atoms with E-state index < -0.39 is 20.2 Å². The van der Waals surface area contributed by atoms with Crippen LogP contribution in [-0.4, -0.2) is 74.8 Å². The Morgan fingerprint density at radius 3 is 0.458 bits per heavy atom. The van der Waals surface area contributed by atoms with Crippen LogP contribution in [0.25, 0.3) is 0 Å². The third kappa shape index (κ3) is 59.2. The van der Waals surface area contributed by atoms with Gasteiger partial charge in [-0.2, -0.15) is 0 Å². The zero-order chi connectivity index (χ0) is 59.4. The van der Waals surface area contributed by atoms with Crippen molar-refractivity contribution in [2.24, 2.45) is 0 Å². The van der Waals surface area contributed by atoms with Gasteiger partial charge in [-0.15, -0.1) is 0 Å². The van der Waals surface area contributed by atoms with Crippen LogP contribution in [0.4, 0.5) is 0 Å². The van der Waals surface area contributed by atoms with Crippen LogP contribution < -0.4 is 0 Å². The topological polar surface area (TPSA) is 114 Å². The minimum absolute atomic E-state index is 0. The van der Waals surface area contributed by atoms with Crippen molar-refractivity contribution in [1.82, 2.24) is 0 Å². The summed E-state index contributed by atoms with van der Waals surface area (Å²) in [7, 11) is -8.66. The molecule has 9 heteroatoms. The van der Waals surface area contributed by atoms with Gasteiger partial charge < -0.3 is 9.11 Å². The van der Waals surface area contributed by atoms with E-state index in [9.17, 15) is 25.9 Å². The predicted molar refractivity (Wildman–Crippen MR) is 361 cm³/mol. The summed E-state index contributed by atoms with van der Waals surface area (Å²) in [5, 5.41) is 0. The third-order valence-electron chi connectivity index (χ3n) is 17.6. The quantitative estimate of drug-likeness (QED) is 0.0370. The molecule has 0 aliphatic heterocycles. The SMILES string of the molecule is CCCCCCCCCCCCCCCCCCCCCCCCCCCCCCCc1ccc(S(=O)(=O)[O-])cc1.CCCCCCCCCCCCCCCCCCCCCCCCCCCCCCCc1ccc(S(=O)(=O)[O-])cc1.[Ba+2]. The van der Waals surface area contributed by atoms with Crippen molar-refractivity contribution in [1.29, 1.82) is 0 Å². The fourth-order valence-electron chi connectivity index (χ4n) is 12.0. The molecule has 0 heterocycles. The van der Waals surface area contributed by atoms with Crippen molar-refractivity contribution in [2.45, 2.75) is 409 Å². The summed E-state index contributed by atoms with van der Waals surface area (Å²) in [5.74, 6) is 0. The maximum atomic E-state index is 11.0. The van der Waals surface area contributed by atoms with Crippen LogP contribution in [-0.2, 0) is 33.1 Å². The van der Waals surface area contributed by atoms with Gasteiger partial charge in [0.25, 0.3) is 0 Å². The summed E-state index contributed by atoms with van der Waals surface area (Å²) < 4.78 is 65.9. The molecule has 2 aromatic carbocycles. The normalized spacial score (nSPS) is 11.7. The molecule has 0 N–H and O–H groups in total. The molecule has 83 heavy (non-hydrogen) atoms. The molecule has 2 rings (SSSR count). The molecule has 0 amide bonds. The molecule has 0 saturated carbocycles. The molecule has 0 aliphatic rings. The second-order valence-corrected chi connectivity index (χ2v) is 28.3. The van der Waals surface area contributed by atoms with Gasteiger partial charge in [-0.3, -0.25) is 0 Å². The molecule has 0 bridgehead atoms. The van der Waals surface area contributed by atoms with Gasteiger partial charge in [0.2, 0.25) is 0 Å². The van der Waals surface area contributed by atoms with Gasteiger partial charge in [-0.25, -0.2) is 16.8 Å². The maximum Gasteiger partial charge on any atom is 2.00 e. The van der Waals surface area contributed by atoms with Gasteiger partial charge in [-0.05, 0) is 61.1 Å². The molecule has 0 saturated heterocycles. The van der Waals surface area contributed by atoms with Crippen LogP contribution in [0, 0.1) is 0 Å². The molecule has 0 aromatic heterocycles. The van der Waals surface area contributed by atoms with Gasteiger partial charge in [0.15, 0.2) is 0 Å². The molecule has 0 radical (unpaired) electrons. The molecule has 2 aromatic rings. The third-order valence-corrected chi connectivity index (χ3v) is 19.3. The van der Waals surface area contributed by atoms with Crippen LogP contribution in [0.15, 0.2) is 58.3 Å². The zero-order valence-corrected chi connectivity index (χ0v) is 61.1. The van der Waals surface area contributed by atoms with Crippen LogP contribution in [0.2, 0.25) is 0 Å². The Balaban J connectivity index is 0.00000160. The van der Waals surface area contributed by atoms with Crippen molar-refractivity contribution >= 4 is 69.1 Å². The average molecular weight is 1320 g/mol. The Morgan fingerprint density at radius 2 is 0.337 bits per heavy atom. The van der Waals surface area contributed by atoms with E-state index in [1.165, 1.54) is 384 Å². The maximum absolute atomic E-state index is 11.0. The number of hydrogen-bond acceptors (Lipinski definition) is 6. The molecular weight excluding hydrogens is 1190 g/mol. The van der Waals surface area contributed by atoms with Crippen LogP contribution in [0.3, 0.4) is 0 Å². The van der Waals surface area contributed by atoms with Crippen molar-refractivity contribution in [2.75, 3.05) is 0 Å². The van der Waals surface area contributed by atoms with Crippen molar-refractivity contribution in [3.8, 4) is 0 Å². The Bertz CT molecular complexity index is 1690. The van der Waals surface area contributed by atoms with Crippen LogP contribution in [0.1, 0.15) is 397 Å². The smallest absolute Gasteiger partial charge is 0.744 e. The van der Waals surface area contributed by atoms with Crippen molar-refractivity contribution in [3.05, 3.63) is 59.7 Å². The Labute approximate surface area is 558 Å². The first-order valence-corrected chi connectivity index (χ1v) is 39.0. The molecular formula is C74H134BaO6S2. The van der Waals surface area contributed by atoms with Gasteiger partial charge in [0.05, 0.1) is 9.79 Å². The van der Waals surface area contributed by atoms with E-state index in [4.69, 9.17) is 0 Å². The molecule has 0 spiro atoms. The van der Waals surface area contributed by atoms with E-state index in [0.29, 0.717) is 0 Å². The second kappa shape index (κ2) is 63.4. The Morgan fingerprint density at radius 1 is 0.217 bits per heavy atom. The van der Waals surface area contributed by atoms with E-state index in [2.05, 4.69) is 13.8 Å². The largest absolute Gasteiger partial charge is 2.00 e. The summed E-state index contributed by atoms with van der Waals surface area (Å²) in [4.78, 5) is -0.265. The predicted octanol–water partition coefficient (Wildman–Crippen LogP) is 24.6. The number of benzene rings is 2. The summed E-state index contributed by atoms with van der Waals surface area (Å²) in [6.45, 7) is 4.59. The minimum Gasteiger partial charge on any atom is -0.744 e. The fraction of sp³-hybridized carbons (Fsp3) is 0.838. The monoisotopic (exact) mass is 1320 g/mol. The Hall–Kier alpha value is -0.169. The van der Waals surface area contributed by atoms with Gasteiger partial charge in [-0.1, -0.05) is 398 Å². The summed E-state index contributed by atoms with van der Waals surface area (Å²) in [6, 6.07) is 12.8. The summed E-state index contributed by atoms with van der Waals surface area (Å²) in [6.07, 6.45) is 83.9. The molecule has 480 valence electrons. The van der Waals surface area contributed by atoms with Crippen molar-refractivity contribution in [3.63, 3.8) is 0 Å². The van der Waals surface area contributed by atoms with E-state index in [-0.39, 0.29) is 58.7 Å². The molecule has 0 aliphatic carbocycles. The Kier molecular flexibility index (Phi) is 63.3. The van der Waals surface area contributed by atoms with Gasteiger partial charge >= 0.3 is 48.9 Å². The average Bonchev–Trinajstić information content (AvgIpc) is 3.58. The molecule has 0 fully saturated rings.